The van der Waals surface area contributed by atoms with E-state index in [0.717, 1.165) is 47.6 Å². The van der Waals surface area contributed by atoms with Crippen LogP contribution in [0, 0.1) is 16.7 Å². The number of amides is 2. The molecule has 34 heavy (non-hydrogen) atoms. The molecule has 5 aliphatic rings. The van der Waals surface area contributed by atoms with Crippen LogP contribution in [0.3, 0.4) is 0 Å². The van der Waals surface area contributed by atoms with Gasteiger partial charge in [0.15, 0.2) is 0 Å². The molecule has 1 heterocycles. The number of benzene rings is 2. The molecular weight excluding hydrogens is 420 g/mol. The van der Waals surface area contributed by atoms with Gasteiger partial charge >= 0.3 is 0 Å². The van der Waals surface area contributed by atoms with Crippen molar-refractivity contribution in [2.24, 2.45) is 16.7 Å². The number of carbonyl (C=O) groups is 2. The topological polar surface area (TPSA) is 49.4 Å². The van der Waals surface area contributed by atoms with E-state index >= 15 is 0 Å². The molecule has 2 saturated carbocycles. The number of allylic oxidation sites excluding steroid dienone is 2. The minimum Gasteiger partial charge on any atom is -0.332 e. The Hall–Kier alpha value is -2.88. The summed E-state index contributed by atoms with van der Waals surface area (Å²) in [6.45, 7) is 5.13. The molecule has 2 aromatic rings. The van der Waals surface area contributed by atoms with Gasteiger partial charge in [-0.2, -0.15) is 0 Å². The summed E-state index contributed by atoms with van der Waals surface area (Å²) >= 11 is 0. The van der Waals surface area contributed by atoms with Crippen LogP contribution in [0.2, 0.25) is 0 Å². The fourth-order valence-corrected chi connectivity index (χ4v) is 7.94. The first-order chi connectivity index (χ1) is 16.3. The molecule has 0 aromatic heterocycles. The number of hydrogen-bond donors (Lipinski definition) is 1. The highest BCUT2D eigenvalue weighted by Crippen LogP contribution is 2.63. The number of nitrogens with one attached hydrogen (secondary N) is 1. The quantitative estimate of drug-likeness (QED) is 0.539. The highest BCUT2D eigenvalue weighted by atomic mass is 16.2. The summed E-state index contributed by atoms with van der Waals surface area (Å²) in [4.78, 5) is 28.7. The fraction of sp³-hybridized carbons (Fsp3) is 0.467. The third-order valence-electron chi connectivity index (χ3n) is 8.79. The number of hydrogen-bond acceptors (Lipinski definition) is 2. The van der Waals surface area contributed by atoms with Gasteiger partial charge in [0.1, 0.15) is 0 Å². The van der Waals surface area contributed by atoms with Gasteiger partial charge in [0, 0.05) is 24.2 Å². The van der Waals surface area contributed by atoms with Gasteiger partial charge in [-0.15, -0.1) is 0 Å². The first-order valence-electron chi connectivity index (χ1n) is 12.8. The van der Waals surface area contributed by atoms with Crippen LogP contribution < -0.4 is 5.32 Å². The Morgan fingerprint density at radius 2 is 1.97 bits per heavy atom. The van der Waals surface area contributed by atoms with Gasteiger partial charge in [-0.25, -0.2) is 0 Å². The summed E-state index contributed by atoms with van der Waals surface area (Å²) in [7, 11) is 0. The number of carbonyl (C=O) groups excluding carboxylic acids is 2. The van der Waals surface area contributed by atoms with E-state index in [1.807, 2.05) is 41.3 Å². The maximum absolute atomic E-state index is 13.4. The summed E-state index contributed by atoms with van der Waals surface area (Å²) in [6, 6.07) is 16.0. The Kier molecular flexibility index (Phi) is 4.98. The molecule has 0 radical (unpaired) electrons. The van der Waals surface area contributed by atoms with E-state index in [-0.39, 0.29) is 28.7 Å². The second-order valence-corrected chi connectivity index (χ2v) is 11.7. The van der Waals surface area contributed by atoms with E-state index in [0.29, 0.717) is 13.0 Å². The Morgan fingerprint density at radius 3 is 2.74 bits per heavy atom. The zero-order valence-corrected chi connectivity index (χ0v) is 20.3. The van der Waals surface area contributed by atoms with Gasteiger partial charge in [0.05, 0.1) is 6.04 Å². The van der Waals surface area contributed by atoms with Crippen LogP contribution in [0.1, 0.15) is 79.9 Å². The van der Waals surface area contributed by atoms with Crippen LogP contribution in [0.4, 0.5) is 5.69 Å². The van der Waals surface area contributed by atoms with Crippen molar-refractivity contribution >= 4 is 17.5 Å². The average Bonchev–Trinajstić information content (AvgIpc) is 2.78. The molecule has 7 rings (SSSR count). The van der Waals surface area contributed by atoms with E-state index in [2.05, 4.69) is 37.4 Å². The van der Waals surface area contributed by atoms with Gasteiger partial charge in [-0.3, -0.25) is 9.59 Å². The molecule has 176 valence electrons. The van der Waals surface area contributed by atoms with E-state index < -0.39 is 0 Å². The average molecular weight is 455 g/mol. The highest BCUT2D eigenvalue weighted by molar-refractivity contribution is 6.00. The summed E-state index contributed by atoms with van der Waals surface area (Å²) < 4.78 is 0. The lowest BCUT2D eigenvalue weighted by Crippen LogP contribution is -2.47. The molecular formula is C30H34N2O2. The molecule has 1 N–H and O–H groups in total. The number of anilines is 1. The van der Waals surface area contributed by atoms with Crippen molar-refractivity contribution in [3.63, 3.8) is 0 Å². The van der Waals surface area contributed by atoms with Gasteiger partial charge < -0.3 is 10.2 Å². The van der Waals surface area contributed by atoms with Gasteiger partial charge in [-0.1, -0.05) is 55.0 Å². The molecule has 4 aliphatic carbocycles. The summed E-state index contributed by atoms with van der Waals surface area (Å²) in [5, 5.41) is 3.22. The van der Waals surface area contributed by atoms with E-state index in [1.54, 1.807) is 5.57 Å². The maximum Gasteiger partial charge on any atom is 0.254 e. The second-order valence-electron chi connectivity index (χ2n) is 11.7. The predicted molar refractivity (Wildman–Crippen MR) is 134 cm³/mol. The molecule has 4 bridgehead atoms. The Labute approximate surface area is 202 Å². The third-order valence-corrected chi connectivity index (χ3v) is 8.79. The number of nitrogens with zero attached hydrogens (tertiary/aromatic N) is 1. The third kappa shape index (κ3) is 3.68. The summed E-state index contributed by atoms with van der Waals surface area (Å²) in [5.74, 6) is 0.904. The van der Waals surface area contributed by atoms with E-state index in [4.69, 9.17) is 0 Å². The van der Waals surface area contributed by atoms with Crippen molar-refractivity contribution < 1.29 is 9.59 Å². The first-order valence-corrected chi connectivity index (χ1v) is 12.8. The van der Waals surface area contributed by atoms with Crippen molar-refractivity contribution in [3.05, 3.63) is 76.9 Å². The van der Waals surface area contributed by atoms with Crippen LogP contribution >= 0.6 is 0 Å². The zero-order chi connectivity index (χ0) is 23.5. The van der Waals surface area contributed by atoms with Crippen LogP contribution in [0.5, 0.6) is 0 Å². The fourth-order valence-electron chi connectivity index (χ4n) is 7.94. The molecule has 2 amide bonds. The largest absolute Gasteiger partial charge is 0.332 e. The van der Waals surface area contributed by atoms with Crippen LogP contribution in [0.15, 0.2) is 60.2 Å². The van der Waals surface area contributed by atoms with Crippen LogP contribution in [0.25, 0.3) is 0 Å². The van der Waals surface area contributed by atoms with Gasteiger partial charge in [0.25, 0.3) is 5.91 Å². The van der Waals surface area contributed by atoms with Crippen molar-refractivity contribution in [1.82, 2.24) is 4.90 Å². The number of rotatable bonds is 5. The molecule has 3 unspecified atom stereocenters. The van der Waals surface area contributed by atoms with Crippen LogP contribution in [-0.2, 0) is 11.2 Å². The second kappa shape index (κ2) is 7.83. The predicted octanol–water partition coefficient (Wildman–Crippen LogP) is 6.30. The SMILES string of the molecule is C[C@@H](c1ccccc1)N1CCc2c(NC(=O)CC34CC5=CC(C)(CC(C5)C3)C4)cccc2C1=O. The molecule has 2 aromatic carbocycles. The van der Waals surface area contributed by atoms with Gasteiger partial charge in [-0.05, 0) is 85.5 Å². The highest BCUT2D eigenvalue weighted by Gasteiger charge is 2.52. The van der Waals surface area contributed by atoms with Gasteiger partial charge in [0.2, 0.25) is 5.91 Å². The van der Waals surface area contributed by atoms with Crippen LogP contribution in [-0.4, -0.2) is 23.3 Å². The smallest absolute Gasteiger partial charge is 0.254 e. The van der Waals surface area contributed by atoms with Crippen molar-refractivity contribution in [2.45, 2.75) is 64.8 Å². The minimum absolute atomic E-state index is 0.0202. The van der Waals surface area contributed by atoms with Crippen molar-refractivity contribution in [1.29, 1.82) is 0 Å². The molecule has 0 saturated heterocycles. The monoisotopic (exact) mass is 454 g/mol. The summed E-state index contributed by atoms with van der Waals surface area (Å²) in [6.07, 6.45) is 9.79. The lowest BCUT2D eigenvalue weighted by Gasteiger charge is -2.57. The lowest BCUT2D eigenvalue weighted by molar-refractivity contribution is -0.121. The molecule has 2 fully saturated rings. The van der Waals surface area contributed by atoms with E-state index in [1.165, 1.54) is 19.3 Å². The minimum atomic E-state index is 0.0202. The van der Waals surface area contributed by atoms with E-state index in [9.17, 15) is 9.59 Å². The zero-order valence-electron chi connectivity index (χ0n) is 20.3. The maximum atomic E-state index is 13.4. The first kappa shape index (κ1) is 21.6. The Balaban J connectivity index is 1.19. The standard InChI is InChI=1S/C30H34N2O2/c1-20(23-7-4-3-5-8-23)32-12-11-24-25(28(32)34)9-6-10-26(24)31-27(33)18-30-16-21-13-22(17-30)15-29(2,14-21)19-30/h3-10,14,20,22H,11-13,15-19H2,1-2H3,(H,31,33)/t20-,22?,29?,30?/m0/s1. The molecule has 4 heteroatoms. The molecule has 4 nitrogen and oxygen atoms in total. The molecule has 4 atom stereocenters. The Morgan fingerprint density at radius 1 is 1.15 bits per heavy atom. The normalized spacial score (nSPS) is 30.1. The summed E-state index contributed by atoms with van der Waals surface area (Å²) in [5.41, 5.74) is 5.65. The molecule has 0 spiro atoms. The number of fused-ring (bicyclic) bond motifs is 1. The Bertz CT molecular complexity index is 1190. The lowest BCUT2D eigenvalue weighted by atomic mass is 9.48. The van der Waals surface area contributed by atoms with Crippen molar-refractivity contribution in [3.8, 4) is 0 Å². The van der Waals surface area contributed by atoms with Crippen molar-refractivity contribution in [2.75, 3.05) is 11.9 Å². The molecule has 1 aliphatic heterocycles.